The molecule has 1 amide bonds. The van der Waals surface area contributed by atoms with Crippen molar-refractivity contribution in [2.45, 2.75) is 52.5 Å². The molecule has 2 aromatic heterocycles. The molecule has 4 rings (SSSR count). The van der Waals surface area contributed by atoms with E-state index in [1.165, 1.54) is 36.7 Å². The highest BCUT2D eigenvalue weighted by atomic mass is 32.1. The molecule has 0 saturated carbocycles. The molecule has 7 heteroatoms. The molecule has 6 nitrogen and oxygen atoms in total. The molecule has 29 heavy (non-hydrogen) atoms. The summed E-state index contributed by atoms with van der Waals surface area (Å²) in [6.07, 6.45) is 4.76. The van der Waals surface area contributed by atoms with E-state index in [-0.39, 0.29) is 11.5 Å². The third-order valence-electron chi connectivity index (χ3n) is 5.99. The summed E-state index contributed by atoms with van der Waals surface area (Å²) in [6.45, 7) is 9.10. The Kier molecular flexibility index (Phi) is 5.69. The van der Waals surface area contributed by atoms with Gasteiger partial charge in [0, 0.05) is 25.2 Å². The summed E-state index contributed by atoms with van der Waals surface area (Å²) >= 11 is 1.26. The first kappa shape index (κ1) is 20.0. The van der Waals surface area contributed by atoms with Gasteiger partial charge in [0.25, 0.3) is 11.5 Å². The number of nitrogens with one attached hydrogen (secondary N) is 1. The molecule has 3 aromatic rings. The third kappa shape index (κ3) is 4.07. The van der Waals surface area contributed by atoms with Crippen molar-refractivity contribution in [1.82, 2.24) is 19.6 Å². The maximum Gasteiger partial charge on any atom is 0.261 e. The van der Waals surface area contributed by atoms with Crippen molar-refractivity contribution in [3.8, 4) is 0 Å². The number of aryl methyl sites for hydroxylation is 2. The van der Waals surface area contributed by atoms with Crippen LogP contribution in [0.5, 0.6) is 0 Å². The molecular weight excluding hydrogens is 384 g/mol. The molecule has 0 aliphatic carbocycles. The van der Waals surface area contributed by atoms with Crippen molar-refractivity contribution in [2.24, 2.45) is 0 Å². The van der Waals surface area contributed by atoms with Crippen LogP contribution in [0.15, 0.2) is 23.0 Å². The van der Waals surface area contributed by atoms with E-state index < -0.39 is 0 Å². The quantitative estimate of drug-likeness (QED) is 0.651. The largest absolute Gasteiger partial charge is 0.351 e. The van der Waals surface area contributed by atoms with E-state index in [2.05, 4.69) is 22.1 Å². The first-order chi connectivity index (χ1) is 13.9. The maximum atomic E-state index is 12.7. The van der Waals surface area contributed by atoms with Gasteiger partial charge in [-0.15, -0.1) is 0 Å². The zero-order chi connectivity index (χ0) is 20.5. The van der Waals surface area contributed by atoms with Gasteiger partial charge in [-0.05, 0) is 69.8 Å². The highest BCUT2D eigenvalue weighted by Gasteiger charge is 2.18. The predicted octanol–water partition coefficient (Wildman–Crippen LogP) is 3.52. The van der Waals surface area contributed by atoms with E-state index in [0.717, 1.165) is 41.7 Å². The lowest BCUT2D eigenvalue weighted by Gasteiger charge is -2.33. The molecule has 0 bridgehead atoms. The van der Waals surface area contributed by atoms with E-state index in [1.807, 2.05) is 26.0 Å². The van der Waals surface area contributed by atoms with E-state index in [0.29, 0.717) is 22.4 Å². The lowest BCUT2D eigenvalue weighted by Crippen LogP contribution is -2.39. The molecular formula is C22H28N4O2S. The fourth-order valence-corrected chi connectivity index (χ4v) is 5.01. The number of carbonyl (C=O) groups excluding carboxylic acids is 1. The summed E-state index contributed by atoms with van der Waals surface area (Å²) in [6, 6.07) is 6.04. The SMILES string of the molecule is Cc1cc2nc3sc(C(=O)NCCCN4CCCC[C@@H]4C)cc(=O)n3c2cc1C. The Bertz CT molecular complexity index is 1120. The number of piperidine rings is 1. The van der Waals surface area contributed by atoms with Gasteiger partial charge in [0.1, 0.15) is 4.88 Å². The minimum atomic E-state index is -0.211. The third-order valence-corrected chi connectivity index (χ3v) is 6.97. The minimum absolute atomic E-state index is 0.194. The molecule has 1 N–H and O–H groups in total. The van der Waals surface area contributed by atoms with Crippen LogP contribution in [0.4, 0.5) is 0 Å². The number of amides is 1. The molecule has 1 atom stereocenters. The lowest BCUT2D eigenvalue weighted by molar-refractivity contribution is 0.0952. The summed E-state index contributed by atoms with van der Waals surface area (Å²) in [5.74, 6) is -0.194. The fourth-order valence-electron chi connectivity index (χ4n) is 4.07. The molecule has 0 spiro atoms. The Labute approximate surface area is 174 Å². The molecule has 1 aliphatic heterocycles. The van der Waals surface area contributed by atoms with Gasteiger partial charge < -0.3 is 10.2 Å². The smallest absolute Gasteiger partial charge is 0.261 e. The van der Waals surface area contributed by atoms with Crippen molar-refractivity contribution in [3.63, 3.8) is 0 Å². The second kappa shape index (κ2) is 8.24. The molecule has 0 radical (unpaired) electrons. The number of likely N-dealkylation sites (tertiary alicyclic amines) is 1. The summed E-state index contributed by atoms with van der Waals surface area (Å²) in [5.41, 5.74) is 3.63. The van der Waals surface area contributed by atoms with Gasteiger partial charge in [-0.3, -0.25) is 14.0 Å². The number of fused-ring (bicyclic) bond motifs is 3. The van der Waals surface area contributed by atoms with Crippen LogP contribution in [-0.2, 0) is 0 Å². The van der Waals surface area contributed by atoms with E-state index in [4.69, 9.17) is 0 Å². The number of aromatic nitrogens is 2. The van der Waals surface area contributed by atoms with E-state index in [1.54, 1.807) is 4.40 Å². The number of rotatable bonds is 5. The molecule has 1 saturated heterocycles. The van der Waals surface area contributed by atoms with Gasteiger partial charge in [0.15, 0.2) is 4.96 Å². The highest BCUT2D eigenvalue weighted by Crippen LogP contribution is 2.22. The Balaban J connectivity index is 1.46. The van der Waals surface area contributed by atoms with Crippen LogP contribution in [0, 0.1) is 13.8 Å². The zero-order valence-corrected chi connectivity index (χ0v) is 18.1. The van der Waals surface area contributed by atoms with Gasteiger partial charge in [-0.1, -0.05) is 17.8 Å². The summed E-state index contributed by atoms with van der Waals surface area (Å²) in [4.78, 5) is 33.3. The van der Waals surface area contributed by atoms with Crippen LogP contribution in [0.25, 0.3) is 16.0 Å². The van der Waals surface area contributed by atoms with Crippen LogP contribution >= 0.6 is 11.3 Å². The monoisotopic (exact) mass is 412 g/mol. The van der Waals surface area contributed by atoms with Crippen LogP contribution in [0.1, 0.15) is 53.4 Å². The Hall–Kier alpha value is -2.25. The Morgan fingerprint density at radius 2 is 2.03 bits per heavy atom. The maximum absolute atomic E-state index is 12.7. The summed E-state index contributed by atoms with van der Waals surface area (Å²) < 4.78 is 1.60. The minimum Gasteiger partial charge on any atom is -0.351 e. The first-order valence-corrected chi connectivity index (χ1v) is 11.2. The van der Waals surface area contributed by atoms with Crippen LogP contribution in [0.3, 0.4) is 0 Å². The number of nitrogens with zero attached hydrogens (tertiary/aromatic N) is 3. The average molecular weight is 413 g/mol. The Morgan fingerprint density at radius 1 is 1.24 bits per heavy atom. The molecule has 154 valence electrons. The predicted molar refractivity (Wildman–Crippen MR) is 118 cm³/mol. The molecule has 1 aromatic carbocycles. The van der Waals surface area contributed by atoms with Crippen LogP contribution in [0.2, 0.25) is 0 Å². The van der Waals surface area contributed by atoms with Crippen molar-refractivity contribution in [2.75, 3.05) is 19.6 Å². The topological polar surface area (TPSA) is 66.7 Å². The van der Waals surface area contributed by atoms with Crippen molar-refractivity contribution in [3.05, 3.63) is 44.6 Å². The van der Waals surface area contributed by atoms with Gasteiger partial charge >= 0.3 is 0 Å². The van der Waals surface area contributed by atoms with Gasteiger partial charge in [0.05, 0.1) is 11.0 Å². The van der Waals surface area contributed by atoms with Crippen molar-refractivity contribution in [1.29, 1.82) is 0 Å². The van der Waals surface area contributed by atoms with Gasteiger partial charge in [-0.25, -0.2) is 4.98 Å². The van der Waals surface area contributed by atoms with Crippen LogP contribution < -0.4 is 10.9 Å². The van der Waals surface area contributed by atoms with Gasteiger partial charge in [0.2, 0.25) is 0 Å². The number of carbonyl (C=O) groups is 1. The summed E-state index contributed by atoms with van der Waals surface area (Å²) in [7, 11) is 0. The molecule has 1 aliphatic rings. The van der Waals surface area contributed by atoms with Gasteiger partial charge in [-0.2, -0.15) is 0 Å². The molecule has 0 unspecified atom stereocenters. The van der Waals surface area contributed by atoms with Crippen LogP contribution in [-0.4, -0.2) is 45.9 Å². The summed E-state index contributed by atoms with van der Waals surface area (Å²) in [5, 5.41) is 2.97. The first-order valence-electron chi connectivity index (χ1n) is 10.4. The lowest BCUT2D eigenvalue weighted by atomic mass is 10.0. The average Bonchev–Trinajstić information content (AvgIpc) is 3.04. The number of hydrogen-bond donors (Lipinski definition) is 1. The van der Waals surface area contributed by atoms with Crippen molar-refractivity contribution < 1.29 is 4.79 Å². The molecule has 1 fully saturated rings. The van der Waals surface area contributed by atoms with Crippen molar-refractivity contribution >= 4 is 33.2 Å². The second-order valence-electron chi connectivity index (χ2n) is 8.09. The number of benzene rings is 1. The van der Waals surface area contributed by atoms with E-state index >= 15 is 0 Å². The number of hydrogen-bond acceptors (Lipinski definition) is 5. The second-order valence-corrected chi connectivity index (χ2v) is 9.10. The fraction of sp³-hybridized carbons (Fsp3) is 0.500. The number of imidazole rings is 1. The van der Waals surface area contributed by atoms with E-state index in [9.17, 15) is 9.59 Å². The highest BCUT2D eigenvalue weighted by molar-refractivity contribution is 7.18. The Morgan fingerprint density at radius 3 is 2.83 bits per heavy atom. The zero-order valence-electron chi connectivity index (χ0n) is 17.3. The normalized spacial score (nSPS) is 17.8. The molecule has 3 heterocycles. The standard InChI is InChI=1S/C22H28N4O2S/c1-14-11-17-18(12-15(14)2)26-20(27)13-19(29-22(26)24-17)21(28)23-8-6-10-25-9-5-4-7-16(25)3/h11-13,16H,4-10H2,1-3H3,(H,23,28)/t16-/m0/s1.